The quantitative estimate of drug-likeness (QED) is 0.0199. The minimum atomic E-state index is -0.817. The SMILES string of the molecule is CC\C=C/C=C\C=C/CCCCCCCCCC(=O)OCC(COC(=O)CCC/C=C\C/C=C\C/C=C\C/C=C\C/C=C\CC)OC(=O)CCCCCCCCC\C=C/C=C\C=C/CC. The van der Waals surface area contributed by atoms with Gasteiger partial charge in [-0.3, -0.25) is 14.4 Å². The summed E-state index contributed by atoms with van der Waals surface area (Å²) in [5.74, 6) is -1.01. The van der Waals surface area contributed by atoms with E-state index in [1.54, 1.807) is 0 Å². The van der Waals surface area contributed by atoms with Crippen LogP contribution in [0.2, 0.25) is 0 Å². The molecule has 0 amide bonds. The van der Waals surface area contributed by atoms with Gasteiger partial charge in [-0.05, 0) is 96.3 Å². The summed E-state index contributed by atoms with van der Waals surface area (Å²) in [7, 11) is 0. The molecule has 0 rings (SSSR count). The molecule has 0 bridgehead atoms. The number of esters is 3. The number of carbonyl (C=O) groups excluding carboxylic acids is 3. The van der Waals surface area contributed by atoms with Gasteiger partial charge in [-0.15, -0.1) is 0 Å². The van der Waals surface area contributed by atoms with Crippen molar-refractivity contribution >= 4 is 17.9 Å². The molecular formula is C59H92O6. The summed E-state index contributed by atoms with van der Waals surface area (Å²) in [6.07, 6.45) is 72.9. The molecule has 364 valence electrons. The smallest absolute Gasteiger partial charge is 0.306 e. The van der Waals surface area contributed by atoms with Crippen LogP contribution in [0.25, 0.3) is 0 Å². The van der Waals surface area contributed by atoms with Gasteiger partial charge in [0.1, 0.15) is 13.2 Å². The lowest BCUT2D eigenvalue weighted by atomic mass is 10.1. The van der Waals surface area contributed by atoms with Crippen LogP contribution >= 0.6 is 0 Å². The Bertz CT molecular complexity index is 1450. The number of hydrogen-bond donors (Lipinski definition) is 0. The Labute approximate surface area is 398 Å². The van der Waals surface area contributed by atoms with Gasteiger partial charge in [-0.25, -0.2) is 0 Å². The molecule has 0 saturated heterocycles. The van der Waals surface area contributed by atoms with E-state index in [-0.39, 0.29) is 37.5 Å². The first-order chi connectivity index (χ1) is 32.0. The van der Waals surface area contributed by atoms with E-state index in [1.165, 1.54) is 44.9 Å². The zero-order valence-electron chi connectivity index (χ0n) is 41.4. The Balaban J connectivity index is 4.54. The molecule has 6 heteroatoms. The third-order valence-corrected chi connectivity index (χ3v) is 10.3. The van der Waals surface area contributed by atoms with Crippen LogP contribution in [0, 0.1) is 0 Å². The zero-order chi connectivity index (χ0) is 47.2. The predicted molar refractivity (Wildman–Crippen MR) is 279 cm³/mol. The van der Waals surface area contributed by atoms with E-state index in [0.29, 0.717) is 19.3 Å². The fourth-order valence-corrected chi connectivity index (χ4v) is 6.48. The monoisotopic (exact) mass is 897 g/mol. The van der Waals surface area contributed by atoms with E-state index in [0.717, 1.165) is 109 Å². The number of allylic oxidation sites excluding steroid dienone is 22. The maximum atomic E-state index is 12.8. The van der Waals surface area contributed by atoms with Gasteiger partial charge in [-0.2, -0.15) is 0 Å². The molecule has 0 radical (unpaired) electrons. The zero-order valence-corrected chi connectivity index (χ0v) is 41.4. The van der Waals surface area contributed by atoms with Crippen molar-refractivity contribution in [3.8, 4) is 0 Å². The largest absolute Gasteiger partial charge is 0.462 e. The third-order valence-electron chi connectivity index (χ3n) is 10.3. The molecule has 65 heavy (non-hydrogen) atoms. The first-order valence-corrected chi connectivity index (χ1v) is 25.8. The Hall–Kier alpha value is -4.45. The molecule has 0 aliphatic rings. The highest BCUT2D eigenvalue weighted by Crippen LogP contribution is 2.13. The van der Waals surface area contributed by atoms with Crippen LogP contribution in [0.1, 0.15) is 201 Å². The lowest BCUT2D eigenvalue weighted by Crippen LogP contribution is -2.30. The number of unbranched alkanes of at least 4 members (excludes halogenated alkanes) is 15. The van der Waals surface area contributed by atoms with Crippen LogP contribution in [0.4, 0.5) is 0 Å². The fourth-order valence-electron chi connectivity index (χ4n) is 6.48. The minimum absolute atomic E-state index is 0.112. The average molecular weight is 897 g/mol. The van der Waals surface area contributed by atoms with Crippen molar-refractivity contribution in [3.63, 3.8) is 0 Å². The third kappa shape index (κ3) is 50.4. The van der Waals surface area contributed by atoms with E-state index in [2.05, 4.69) is 154 Å². The van der Waals surface area contributed by atoms with Crippen LogP contribution in [0.3, 0.4) is 0 Å². The normalized spacial score (nSPS) is 13.2. The molecule has 0 spiro atoms. The van der Waals surface area contributed by atoms with Gasteiger partial charge < -0.3 is 14.2 Å². The van der Waals surface area contributed by atoms with Crippen LogP contribution < -0.4 is 0 Å². The van der Waals surface area contributed by atoms with Crippen molar-refractivity contribution in [2.75, 3.05) is 13.2 Å². The molecule has 0 heterocycles. The molecule has 1 atom stereocenters. The van der Waals surface area contributed by atoms with Crippen molar-refractivity contribution in [1.29, 1.82) is 0 Å². The summed E-state index contributed by atoms with van der Waals surface area (Å²) in [5.41, 5.74) is 0. The number of ether oxygens (including phenoxy) is 3. The topological polar surface area (TPSA) is 78.9 Å². The molecule has 0 aliphatic heterocycles. The Kier molecular flexibility index (Phi) is 48.6. The molecule has 0 N–H and O–H groups in total. The Morgan fingerprint density at radius 1 is 0.323 bits per heavy atom. The van der Waals surface area contributed by atoms with Crippen molar-refractivity contribution in [2.45, 2.75) is 207 Å². The van der Waals surface area contributed by atoms with Crippen LogP contribution in [-0.4, -0.2) is 37.2 Å². The average Bonchev–Trinajstić information content (AvgIpc) is 3.30. The lowest BCUT2D eigenvalue weighted by Gasteiger charge is -2.18. The highest BCUT2D eigenvalue weighted by atomic mass is 16.6. The van der Waals surface area contributed by atoms with Crippen LogP contribution in [0.5, 0.6) is 0 Å². The van der Waals surface area contributed by atoms with Gasteiger partial charge in [0.25, 0.3) is 0 Å². The standard InChI is InChI=1S/C59H92O6/c1-4-7-10-13-16-19-22-25-28-29-32-34-37-40-43-46-49-52-58(61)64-55-56(65-59(62)53-50-47-44-41-38-35-31-27-24-21-18-15-12-9-6-3)54-63-57(60)51-48-45-42-39-36-33-30-26-23-20-17-14-11-8-5-2/h7-12,14-21,23-25,28,32,34,40,43,56H,4-6,13,22,26-27,29-31,33,35-39,41-42,44-55H2,1-3H3/b10-7-,11-8-,12-9-,17-14-,18-15-,19-16-,23-20-,24-21-,28-25-,34-32-,43-40-. The molecule has 0 aliphatic carbocycles. The lowest BCUT2D eigenvalue weighted by molar-refractivity contribution is -0.167. The molecule has 0 aromatic rings. The summed E-state index contributed by atoms with van der Waals surface area (Å²) >= 11 is 0. The van der Waals surface area contributed by atoms with Gasteiger partial charge >= 0.3 is 17.9 Å². The first kappa shape index (κ1) is 60.5. The maximum absolute atomic E-state index is 12.8. The predicted octanol–water partition coefficient (Wildman–Crippen LogP) is 17.1. The van der Waals surface area contributed by atoms with E-state index >= 15 is 0 Å². The summed E-state index contributed by atoms with van der Waals surface area (Å²) in [6, 6.07) is 0. The summed E-state index contributed by atoms with van der Waals surface area (Å²) < 4.78 is 16.7. The number of rotatable bonds is 44. The molecular weight excluding hydrogens is 805 g/mol. The highest BCUT2D eigenvalue weighted by Gasteiger charge is 2.19. The second kappa shape index (κ2) is 52.2. The van der Waals surface area contributed by atoms with Gasteiger partial charge in [-0.1, -0.05) is 219 Å². The summed E-state index contributed by atoms with van der Waals surface area (Å²) in [4.78, 5) is 38.0. The summed E-state index contributed by atoms with van der Waals surface area (Å²) in [6.45, 7) is 6.17. The molecule has 0 aromatic heterocycles. The van der Waals surface area contributed by atoms with E-state index in [4.69, 9.17) is 14.2 Å². The summed E-state index contributed by atoms with van der Waals surface area (Å²) in [5, 5.41) is 0. The van der Waals surface area contributed by atoms with Crippen molar-refractivity contribution in [3.05, 3.63) is 134 Å². The van der Waals surface area contributed by atoms with Gasteiger partial charge in [0.05, 0.1) is 0 Å². The van der Waals surface area contributed by atoms with E-state index in [1.807, 2.05) is 0 Å². The molecule has 0 aromatic carbocycles. The van der Waals surface area contributed by atoms with Gasteiger partial charge in [0, 0.05) is 19.3 Å². The Morgan fingerprint density at radius 3 is 1.08 bits per heavy atom. The maximum Gasteiger partial charge on any atom is 0.306 e. The van der Waals surface area contributed by atoms with Crippen molar-refractivity contribution in [1.82, 2.24) is 0 Å². The van der Waals surface area contributed by atoms with Gasteiger partial charge in [0.15, 0.2) is 6.10 Å². The van der Waals surface area contributed by atoms with E-state index in [9.17, 15) is 14.4 Å². The second-order valence-corrected chi connectivity index (χ2v) is 16.4. The van der Waals surface area contributed by atoms with Crippen molar-refractivity contribution in [2.24, 2.45) is 0 Å². The molecule has 0 fully saturated rings. The highest BCUT2D eigenvalue weighted by molar-refractivity contribution is 5.71. The number of carbonyl (C=O) groups is 3. The molecule has 0 saturated carbocycles. The van der Waals surface area contributed by atoms with Crippen LogP contribution in [-0.2, 0) is 28.6 Å². The second-order valence-electron chi connectivity index (χ2n) is 16.4. The molecule has 6 nitrogen and oxygen atoms in total. The minimum Gasteiger partial charge on any atom is -0.462 e. The van der Waals surface area contributed by atoms with Crippen molar-refractivity contribution < 1.29 is 28.6 Å². The van der Waals surface area contributed by atoms with Crippen LogP contribution in [0.15, 0.2) is 134 Å². The van der Waals surface area contributed by atoms with E-state index < -0.39 is 6.10 Å². The number of hydrogen-bond acceptors (Lipinski definition) is 6. The fraction of sp³-hybridized carbons (Fsp3) is 0.576. The Morgan fingerprint density at radius 2 is 0.646 bits per heavy atom. The molecule has 1 unspecified atom stereocenters. The van der Waals surface area contributed by atoms with Gasteiger partial charge in [0.2, 0.25) is 0 Å². The first-order valence-electron chi connectivity index (χ1n) is 25.8.